The van der Waals surface area contributed by atoms with Gasteiger partial charge in [-0.1, -0.05) is 0 Å². The van der Waals surface area contributed by atoms with Gasteiger partial charge in [0.15, 0.2) is 6.19 Å². The van der Waals surface area contributed by atoms with E-state index in [9.17, 15) is 0 Å². The zero-order valence-electron chi connectivity index (χ0n) is 4.18. The molecule has 0 radical (unpaired) electrons. The van der Waals surface area contributed by atoms with Gasteiger partial charge in [0.1, 0.15) is 0 Å². The van der Waals surface area contributed by atoms with Gasteiger partial charge in [0.25, 0.3) is 0 Å². The molecule has 1 N–H and O–H groups in total. The molecule has 0 aromatic carbocycles. The number of hydrogen-bond acceptors (Lipinski definition) is 3. The van der Waals surface area contributed by atoms with Crippen molar-refractivity contribution in [2.24, 2.45) is 4.99 Å². The van der Waals surface area contributed by atoms with Crippen molar-refractivity contribution in [2.45, 2.75) is 0 Å². The summed E-state index contributed by atoms with van der Waals surface area (Å²) in [6.07, 6.45) is 3.39. The van der Waals surface area contributed by atoms with Crippen molar-refractivity contribution in [1.82, 2.24) is 5.32 Å². The number of nitrogens with zero attached hydrogens (tertiary/aromatic N) is 2. The number of hydrogen-bond donors (Lipinski definition) is 1. The summed E-state index contributed by atoms with van der Waals surface area (Å²) in [5.41, 5.74) is 0. The quantitative estimate of drug-likeness (QED) is 0.224. The summed E-state index contributed by atoms with van der Waals surface area (Å²) in [7, 11) is 1.67. The molecule has 0 saturated carbocycles. The first-order valence-corrected chi connectivity index (χ1v) is 1.94. The molecule has 38 valence electrons. The van der Waals surface area contributed by atoms with Crippen LogP contribution in [0.3, 0.4) is 0 Å². The fourth-order valence-corrected chi connectivity index (χ4v) is 0.183. The second kappa shape index (κ2) is 4.96. The van der Waals surface area contributed by atoms with E-state index in [1.807, 2.05) is 0 Å². The number of aliphatic imine (C=N–C) groups is 1. The van der Waals surface area contributed by atoms with Crippen LogP contribution in [0.25, 0.3) is 0 Å². The van der Waals surface area contributed by atoms with Crippen molar-refractivity contribution in [2.75, 3.05) is 13.6 Å². The summed E-state index contributed by atoms with van der Waals surface area (Å²) < 4.78 is 0. The van der Waals surface area contributed by atoms with Gasteiger partial charge < -0.3 is 5.32 Å². The second-order valence-electron chi connectivity index (χ2n) is 0.933. The minimum Gasteiger partial charge on any atom is -0.318 e. The number of rotatable bonds is 2. The first-order chi connectivity index (χ1) is 3.41. The Hall–Kier alpha value is -1.04. The molecule has 0 aliphatic heterocycles. The highest BCUT2D eigenvalue weighted by Crippen LogP contribution is 1.48. The Kier molecular flexibility index (Phi) is 4.22. The summed E-state index contributed by atoms with van der Waals surface area (Å²) in [5.74, 6) is 0. The molecule has 0 heterocycles. The van der Waals surface area contributed by atoms with Gasteiger partial charge in [-0.15, -0.1) is 0 Å². The highest BCUT2D eigenvalue weighted by molar-refractivity contribution is 5.59. The van der Waals surface area contributed by atoms with Crippen LogP contribution in [0, 0.1) is 11.5 Å². The SMILES string of the molecule is C/N=C\CNC#N. The van der Waals surface area contributed by atoms with E-state index in [0.29, 0.717) is 6.54 Å². The fourth-order valence-electron chi connectivity index (χ4n) is 0.183. The lowest BCUT2D eigenvalue weighted by atomic mass is 10.7. The van der Waals surface area contributed by atoms with E-state index in [1.165, 1.54) is 0 Å². The monoisotopic (exact) mass is 97.1 g/mol. The van der Waals surface area contributed by atoms with Crippen LogP contribution in [-0.2, 0) is 0 Å². The Morgan fingerprint density at radius 1 is 2.00 bits per heavy atom. The minimum atomic E-state index is 0.535. The van der Waals surface area contributed by atoms with E-state index in [0.717, 1.165) is 0 Å². The maximum atomic E-state index is 7.87. The molecule has 0 aliphatic carbocycles. The van der Waals surface area contributed by atoms with Gasteiger partial charge in [-0.25, -0.2) is 0 Å². The molecule has 0 fully saturated rings. The Labute approximate surface area is 42.7 Å². The molecule has 0 rings (SSSR count). The Bertz CT molecular complexity index is 89.6. The van der Waals surface area contributed by atoms with Crippen LogP contribution >= 0.6 is 0 Å². The van der Waals surface area contributed by atoms with Gasteiger partial charge in [-0.2, -0.15) is 5.26 Å². The van der Waals surface area contributed by atoms with E-state index in [2.05, 4.69) is 10.3 Å². The van der Waals surface area contributed by atoms with E-state index >= 15 is 0 Å². The zero-order chi connectivity index (χ0) is 5.54. The lowest BCUT2D eigenvalue weighted by Gasteiger charge is -1.80. The van der Waals surface area contributed by atoms with Gasteiger partial charge in [-0.3, -0.25) is 4.99 Å². The molecule has 0 spiro atoms. The molecular formula is C4H7N3. The Balaban J connectivity index is 2.87. The highest BCUT2D eigenvalue weighted by Gasteiger charge is 1.67. The predicted molar refractivity (Wildman–Crippen MR) is 28.0 cm³/mol. The summed E-state index contributed by atoms with van der Waals surface area (Å²) >= 11 is 0. The normalized spacial score (nSPS) is 8.57. The summed E-state index contributed by atoms with van der Waals surface area (Å²) in [6, 6.07) is 0. The van der Waals surface area contributed by atoms with E-state index in [4.69, 9.17) is 5.26 Å². The second-order valence-corrected chi connectivity index (χ2v) is 0.933. The topological polar surface area (TPSA) is 48.2 Å². The average Bonchev–Trinajstić information content (AvgIpc) is 1.69. The number of nitriles is 1. The zero-order valence-corrected chi connectivity index (χ0v) is 4.18. The van der Waals surface area contributed by atoms with Crippen LogP contribution in [0.15, 0.2) is 4.99 Å². The maximum absolute atomic E-state index is 7.87. The lowest BCUT2D eigenvalue weighted by molar-refractivity contribution is 1.04. The lowest BCUT2D eigenvalue weighted by Crippen LogP contribution is -2.07. The summed E-state index contributed by atoms with van der Waals surface area (Å²) in [5, 5.41) is 10.3. The third kappa shape index (κ3) is 4.96. The molecule has 0 atom stereocenters. The molecule has 3 nitrogen and oxygen atoms in total. The third-order valence-corrected chi connectivity index (χ3v) is 0.455. The first kappa shape index (κ1) is 5.96. The van der Waals surface area contributed by atoms with Gasteiger partial charge >= 0.3 is 0 Å². The van der Waals surface area contributed by atoms with Gasteiger partial charge in [0.05, 0.1) is 6.54 Å². The van der Waals surface area contributed by atoms with Crippen LogP contribution in [0.2, 0.25) is 0 Å². The van der Waals surface area contributed by atoms with Crippen molar-refractivity contribution in [3.05, 3.63) is 0 Å². The van der Waals surface area contributed by atoms with Gasteiger partial charge in [0, 0.05) is 13.3 Å². The van der Waals surface area contributed by atoms with Crippen molar-refractivity contribution >= 4 is 6.21 Å². The summed E-state index contributed by atoms with van der Waals surface area (Å²) in [4.78, 5) is 3.63. The maximum Gasteiger partial charge on any atom is 0.176 e. The molecule has 0 unspecified atom stereocenters. The van der Waals surface area contributed by atoms with Crippen molar-refractivity contribution in [3.63, 3.8) is 0 Å². The van der Waals surface area contributed by atoms with Gasteiger partial charge in [0.2, 0.25) is 0 Å². The molecule has 0 aliphatic rings. The molecule has 0 saturated heterocycles. The molecule has 7 heavy (non-hydrogen) atoms. The van der Waals surface area contributed by atoms with Crippen LogP contribution in [0.4, 0.5) is 0 Å². The van der Waals surface area contributed by atoms with Gasteiger partial charge in [-0.05, 0) is 0 Å². The average molecular weight is 97.1 g/mol. The van der Waals surface area contributed by atoms with Crippen LogP contribution in [0.5, 0.6) is 0 Å². The molecular weight excluding hydrogens is 90.1 g/mol. The van der Waals surface area contributed by atoms with E-state index in [1.54, 1.807) is 19.5 Å². The van der Waals surface area contributed by atoms with Crippen molar-refractivity contribution in [3.8, 4) is 6.19 Å². The Morgan fingerprint density at radius 3 is 3.14 bits per heavy atom. The van der Waals surface area contributed by atoms with Crippen molar-refractivity contribution in [1.29, 1.82) is 5.26 Å². The van der Waals surface area contributed by atoms with Crippen molar-refractivity contribution < 1.29 is 0 Å². The predicted octanol–water partition coefficient (Wildman–Crippen LogP) is -0.242. The highest BCUT2D eigenvalue weighted by atomic mass is 14.9. The third-order valence-electron chi connectivity index (χ3n) is 0.455. The van der Waals surface area contributed by atoms with Crippen LogP contribution in [0.1, 0.15) is 0 Å². The van der Waals surface area contributed by atoms with E-state index in [-0.39, 0.29) is 0 Å². The summed E-state index contributed by atoms with van der Waals surface area (Å²) in [6.45, 7) is 0.535. The van der Waals surface area contributed by atoms with E-state index < -0.39 is 0 Å². The Morgan fingerprint density at radius 2 is 2.71 bits per heavy atom. The first-order valence-electron chi connectivity index (χ1n) is 1.94. The van der Waals surface area contributed by atoms with Crippen LogP contribution < -0.4 is 5.32 Å². The fraction of sp³-hybridized carbons (Fsp3) is 0.500. The minimum absolute atomic E-state index is 0.535. The van der Waals surface area contributed by atoms with Crippen LogP contribution in [-0.4, -0.2) is 19.8 Å². The largest absolute Gasteiger partial charge is 0.318 e. The molecule has 3 heteroatoms. The standard InChI is InChI=1S/C4H7N3/c1-6-2-3-7-4-5/h2,7H,3H2,1H3/b6-2-. The molecule has 0 aromatic rings. The smallest absolute Gasteiger partial charge is 0.176 e. The molecule has 0 bridgehead atoms. The number of nitrogens with one attached hydrogen (secondary N) is 1. The molecule has 0 amide bonds. The molecule has 0 aromatic heterocycles.